The number of aromatic hydroxyl groups is 1. The Labute approximate surface area is 120 Å². The summed E-state index contributed by atoms with van der Waals surface area (Å²) in [5.74, 6) is -1.74. The van der Waals surface area contributed by atoms with E-state index >= 15 is 0 Å². The summed E-state index contributed by atoms with van der Waals surface area (Å²) in [7, 11) is 0. The number of benzene rings is 1. The van der Waals surface area contributed by atoms with Crippen molar-refractivity contribution in [2.75, 3.05) is 0 Å². The van der Waals surface area contributed by atoms with Crippen LogP contribution in [0, 0.1) is 0 Å². The second kappa shape index (κ2) is 14.0. The molecule has 1 radical (unpaired) electrons. The van der Waals surface area contributed by atoms with Gasteiger partial charge in [0.15, 0.2) is 0 Å². The van der Waals surface area contributed by atoms with Crippen molar-refractivity contribution in [3.63, 3.8) is 0 Å². The van der Waals surface area contributed by atoms with E-state index in [1.807, 2.05) is 0 Å². The summed E-state index contributed by atoms with van der Waals surface area (Å²) >= 11 is 0. The monoisotopic (exact) mass is 315 g/mol. The number of phenols is 1. The molecule has 1 rings (SSSR count). The van der Waals surface area contributed by atoms with Crippen LogP contribution in [0.2, 0.25) is 0 Å². The number of aliphatic carboxylic acids is 2. The van der Waals surface area contributed by atoms with Gasteiger partial charge in [0, 0.05) is 18.0 Å². The Morgan fingerprint density at radius 3 is 1.95 bits per heavy atom. The Balaban J connectivity index is -0.000000242. The molecule has 0 amide bonds. The van der Waals surface area contributed by atoms with E-state index in [4.69, 9.17) is 24.9 Å². The predicted molar refractivity (Wildman–Crippen MR) is 56.2 cm³/mol. The van der Waals surface area contributed by atoms with E-state index in [1.165, 1.54) is 12.1 Å². The zero-order chi connectivity index (χ0) is 14.6. The summed E-state index contributed by atoms with van der Waals surface area (Å²) in [6.45, 7) is 2.26. The van der Waals surface area contributed by atoms with E-state index in [0.717, 1.165) is 13.8 Å². The number of hydrogen-bond donors (Lipinski definition) is 1. The molecule has 0 saturated heterocycles. The van der Waals surface area contributed by atoms with Crippen LogP contribution >= 0.6 is 0 Å². The number of phenolic OH excluding ortho intramolecular Hbond substituents is 1. The van der Waals surface area contributed by atoms with Crippen LogP contribution in [0.15, 0.2) is 24.3 Å². The predicted octanol–water partition coefficient (Wildman–Crippen LogP) is -1.56. The largest absolute Gasteiger partial charge is 2.00 e. The molecule has 19 heavy (non-hydrogen) atoms. The van der Waals surface area contributed by atoms with Crippen LogP contribution in [0.25, 0.3) is 0 Å². The van der Waals surface area contributed by atoms with Crippen LogP contribution in [0.4, 0.5) is 0 Å². The van der Waals surface area contributed by atoms with E-state index in [-0.39, 0.29) is 22.5 Å². The maximum Gasteiger partial charge on any atom is 2.00 e. The number of ether oxygens (including phenoxy) is 1. The molecule has 0 fully saturated rings. The molecular weight excluding hydrogens is 303 g/mol. The van der Waals surface area contributed by atoms with Gasteiger partial charge in [0.05, 0.1) is 0 Å². The van der Waals surface area contributed by atoms with Gasteiger partial charge in [0.1, 0.15) is 11.5 Å². The first-order valence-corrected chi connectivity index (χ1v) is 4.54. The smallest absolute Gasteiger partial charge is 0.550 e. The van der Waals surface area contributed by atoms with Crippen LogP contribution in [0.5, 0.6) is 11.5 Å². The van der Waals surface area contributed by atoms with Crippen molar-refractivity contribution >= 4 is 18.4 Å². The fourth-order valence-electron chi connectivity index (χ4n) is 0.612. The summed E-state index contributed by atoms with van der Waals surface area (Å²) in [6.07, 6.45) is 0. The van der Waals surface area contributed by atoms with Crippen molar-refractivity contribution in [1.82, 2.24) is 0 Å². The molecule has 7 nitrogen and oxygen atoms in total. The maximum absolute atomic E-state index is 9.78. The zero-order valence-corrected chi connectivity index (χ0v) is 11.2. The number of rotatable bonds is 2. The molecular formula is C11H12CoO7. The third-order valence-corrected chi connectivity index (χ3v) is 1.00. The van der Waals surface area contributed by atoms with Gasteiger partial charge in [-0.25, -0.2) is 0 Å². The third-order valence-electron chi connectivity index (χ3n) is 1.00. The molecule has 0 aliphatic rings. The molecule has 0 unspecified atom stereocenters. The number of carboxylic acid groups (broad SMARTS) is 2. The minimum absolute atomic E-state index is 0. The summed E-state index contributed by atoms with van der Waals surface area (Å²) in [6, 6.07) is 6.02. The van der Waals surface area contributed by atoms with E-state index in [9.17, 15) is 4.79 Å². The molecule has 0 spiro atoms. The minimum Gasteiger partial charge on any atom is -0.550 e. The minimum atomic E-state index is -1.08. The molecule has 107 valence electrons. The Kier molecular flexibility index (Phi) is 16.3. The summed E-state index contributed by atoms with van der Waals surface area (Å²) in [5, 5.41) is 26.6. The van der Waals surface area contributed by atoms with Crippen molar-refractivity contribution < 1.29 is 51.2 Å². The first kappa shape index (κ1) is 22.1. The van der Waals surface area contributed by atoms with Crippen molar-refractivity contribution in [3.8, 4) is 11.5 Å². The molecule has 0 bridgehead atoms. The quantitative estimate of drug-likeness (QED) is 0.654. The molecule has 8 heteroatoms. The second-order valence-electron chi connectivity index (χ2n) is 2.69. The third kappa shape index (κ3) is 25.9. The number of carbonyl (C=O) groups is 3. The van der Waals surface area contributed by atoms with Gasteiger partial charge < -0.3 is 29.6 Å². The maximum atomic E-state index is 9.78. The number of carbonyl (C=O) groups excluding carboxylic acids is 3. The molecule has 0 heterocycles. The van der Waals surface area contributed by atoms with Gasteiger partial charge in [-0.3, -0.25) is 4.79 Å². The molecule has 1 aromatic rings. The first-order chi connectivity index (χ1) is 8.29. The SMILES string of the molecule is CC(=O)[O-].CC(=O)[O-].O=COc1cccc(O)c1.[Co+2]. The molecule has 1 aromatic carbocycles. The summed E-state index contributed by atoms with van der Waals surface area (Å²) in [5.41, 5.74) is 0. The Hall–Kier alpha value is -2.06. The van der Waals surface area contributed by atoms with Crippen molar-refractivity contribution in [1.29, 1.82) is 0 Å². The Morgan fingerprint density at radius 2 is 1.63 bits per heavy atom. The van der Waals surface area contributed by atoms with Gasteiger partial charge in [0.25, 0.3) is 6.47 Å². The Bertz CT molecular complexity index is 372. The first-order valence-electron chi connectivity index (χ1n) is 4.54. The van der Waals surface area contributed by atoms with Crippen molar-refractivity contribution in [2.24, 2.45) is 0 Å². The molecule has 0 saturated carbocycles. The van der Waals surface area contributed by atoms with Gasteiger partial charge >= 0.3 is 16.8 Å². The fourth-order valence-corrected chi connectivity index (χ4v) is 0.612. The van der Waals surface area contributed by atoms with Crippen molar-refractivity contribution in [2.45, 2.75) is 13.8 Å². The zero-order valence-electron chi connectivity index (χ0n) is 10.1. The van der Waals surface area contributed by atoms with Crippen molar-refractivity contribution in [3.05, 3.63) is 24.3 Å². The average molecular weight is 315 g/mol. The average Bonchev–Trinajstić information content (AvgIpc) is 2.16. The van der Waals surface area contributed by atoms with Crippen LogP contribution in [0.3, 0.4) is 0 Å². The van der Waals surface area contributed by atoms with E-state index in [1.54, 1.807) is 12.1 Å². The van der Waals surface area contributed by atoms with Gasteiger partial charge in [-0.05, 0) is 26.0 Å². The molecule has 1 N–H and O–H groups in total. The van der Waals surface area contributed by atoms with Gasteiger partial charge in [-0.2, -0.15) is 0 Å². The molecule has 0 aromatic heterocycles. The number of hydrogen-bond acceptors (Lipinski definition) is 7. The molecule has 0 aliphatic carbocycles. The van der Waals surface area contributed by atoms with Crippen LogP contribution in [-0.2, 0) is 31.2 Å². The van der Waals surface area contributed by atoms with Crippen LogP contribution in [0.1, 0.15) is 13.8 Å². The van der Waals surface area contributed by atoms with E-state index < -0.39 is 11.9 Å². The van der Waals surface area contributed by atoms with Crippen LogP contribution < -0.4 is 14.9 Å². The Morgan fingerprint density at radius 1 is 1.21 bits per heavy atom. The topological polar surface area (TPSA) is 127 Å². The number of carboxylic acids is 2. The second-order valence-corrected chi connectivity index (χ2v) is 2.69. The van der Waals surface area contributed by atoms with Gasteiger partial charge in [-0.1, -0.05) is 6.07 Å². The molecule has 0 atom stereocenters. The summed E-state index contributed by atoms with van der Waals surface area (Å²) in [4.78, 5) is 27.6. The van der Waals surface area contributed by atoms with E-state index in [2.05, 4.69) is 4.74 Å². The fraction of sp³-hybridized carbons (Fsp3) is 0.182. The molecule has 0 aliphatic heterocycles. The van der Waals surface area contributed by atoms with Gasteiger partial charge in [-0.15, -0.1) is 0 Å². The van der Waals surface area contributed by atoms with Gasteiger partial charge in [0.2, 0.25) is 0 Å². The van der Waals surface area contributed by atoms with E-state index in [0.29, 0.717) is 12.2 Å². The standard InChI is InChI=1S/C7H6O3.2C2H4O2.Co/c8-5-10-7-3-1-2-6(9)4-7;2*1-2(3)4;/h1-5,9H;2*1H3,(H,3,4);/q;;;+2/p-2. The van der Waals surface area contributed by atoms with Crippen LogP contribution in [-0.4, -0.2) is 23.5 Å². The normalized spacial score (nSPS) is 7.26. The summed E-state index contributed by atoms with van der Waals surface area (Å²) < 4.78 is 4.45.